The molecule has 0 aliphatic carbocycles. The predicted octanol–water partition coefficient (Wildman–Crippen LogP) is 4.05. The van der Waals surface area contributed by atoms with Crippen LogP contribution >= 0.6 is 11.8 Å². The number of rotatable bonds is 5. The van der Waals surface area contributed by atoms with Gasteiger partial charge in [0.25, 0.3) is 0 Å². The Kier molecular flexibility index (Phi) is 4.42. The number of hydrogen-bond acceptors (Lipinski definition) is 3. The lowest BCUT2D eigenvalue weighted by Gasteiger charge is -2.10. The first kappa shape index (κ1) is 12.7. The van der Waals surface area contributed by atoms with Gasteiger partial charge in [-0.1, -0.05) is 42.1 Å². The number of benzene rings is 2. The van der Waals surface area contributed by atoms with Crippen molar-refractivity contribution < 1.29 is 9.53 Å². The maximum Gasteiger partial charge on any atom is 0.151 e. The van der Waals surface area contributed by atoms with Crippen molar-refractivity contribution >= 4 is 18.0 Å². The second kappa shape index (κ2) is 6.26. The van der Waals surface area contributed by atoms with Gasteiger partial charge in [0.15, 0.2) is 6.29 Å². The highest BCUT2D eigenvalue weighted by Crippen LogP contribution is 2.35. The zero-order valence-corrected chi connectivity index (χ0v) is 10.9. The van der Waals surface area contributed by atoms with Gasteiger partial charge in [-0.15, -0.1) is 0 Å². The lowest BCUT2D eigenvalue weighted by Crippen LogP contribution is -1.93. The second-order valence-corrected chi connectivity index (χ2v) is 4.72. The number of ether oxygens (including phenoxy) is 1. The van der Waals surface area contributed by atoms with E-state index < -0.39 is 0 Å². The van der Waals surface area contributed by atoms with Gasteiger partial charge >= 0.3 is 0 Å². The van der Waals surface area contributed by atoms with E-state index in [4.69, 9.17) is 4.74 Å². The van der Waals surface area contributed by atoms with Crippen molar-refractivity contribution in [1.29, 1.82) is 0 Å². The molecule has 0 unspecified atom stereocenters. The van der Waals surface area contributed by atoms with Crippen LogP contribution in [-0.4, -0.2) is 12.9 Å². The Morgan fingerprint density at radius 3 is 2.44 bits per heavy atom. The van der Waals surface area contributed by atoms with Gasteiger partial charge in [-0.3, -0.25) is 4.79 Å². The number of carbonyl (C=O) groups is 1. The molecule has 2 nitrogen and oxygen atoms in total. The van der Waals surface area contributed by atoms with Crippen LogP contribution in [0.3, 0.4) is 0 Å². The Hall–Kier alpha value is -1.74. The Morgan fingerprint density at radius 2 is 1.72 bits per heavy atom. The van der Waals surface area contributed by atoms with Crippen LogP contribution in [0.15, 0.2) is 58.3 Å². The summed E-state index contributed by atoms with van der Waals surface area (Å²) in [5.74, 6) is 0.853. The summed E-state index contributed by atoms with van der Waals surface area (Å²) < 4.78 is 5.57. The van der Waals surface area contributed by atoms with Crippen molar-refractivity contribution in [2.75, 3.05) is 6.61 Å². The Labute approximate surface area is 111 Å². The van der Waals surface area contributed by atoms with Gasteiger partial charge in [-0.2, -0.15) is 0 Å². The van der Waals surface area contributed by atoms with Crippen LogP contribution in [0.25, 0.3) is 0 Å². The Bertz CT molecular complexity index is 538. The topological polar surface area (TPSA) is 26.3 Å². The third kappa shape index (κ3) is 2.93. The Morgan fingerprint density at radius 1 is 1.06 bits per heavy atom. The van der Waals surface area contributed by atoms with E-state index in [-0.39, 0.29) is 0 Å². The summed E-state index contributed by atoms with van der Waals surface area (Å²) in [7, 11) is 0. The lowest BCUT2D eigenvalue weighted by atomic mass is 10.2. The molecule has 0 bridgehead atoms. The third-order valence-electron chi connectivity index (χ3n) is 2.41. The fourth-order valence-electron chi connectivity index (χ4n) is 1.60. The van der Waals surface area contributed by atoms with E-state index in [1.54, 1.807) is 11.8 Å². The molecule has 92 valence electrons. The molecular formula is C15H14O2S. The van der Waals surface area contributed by atoms with Crippen LogP contribution in [0.2, 0.25) is 0 Å². The SMILES string of the molecule is CCOc1ccccc1Sc1ccccc1C=O. The molecule has 0 spiro atoms. The van der Waals surface area contributed by atoms with Crippen LogP contribution < -0.4 is 4.74 Å². The van der Waals surface area contributed by atoms with E-state index in [2.05, 4.69) is 0 Å². The zero-order chi connectivity index (χ0) is 12.8. The fraction of sp³-hybridized carbons (Fsp3) is 0.133. The van der Waals surface area contributed by atoms with Crippen molar-refractivity contribution in [2.45, 2.75) is 16.7 Å². The molecule has 0 fully saturated rings. The molecule has 0 radical (unpaired) electrons. The molecule has 0 saturated heterocycles. The smallest absolute Gasteiger partial charge is 0.151 e. The molecule has 0 heterocycles. The molecule has 0 aliphatic heterocycles. The first-order valence-electron chi connectivity index (χ1n) is 5.79. The number of para-hydroxylation sites is 1. The molecule has 0 saturated carbocycles. The van der Waals surface area contributed by atoms with E-state index in [0.717, 1.165) is 21.8 Å². The minimum Gasteiger partial charge on any atom is -0.493 e. The molecule has 0 atom stereocenters. The summed E-state index contributed by atoms with van der Waals surface area (Å²) in [6.45, 7) is 2.59. The molecule has 0 aliphatic rings. The highest BCUT2D eigenvalue weighted by Gasteiger charge is 2.07. The predicted molar refractivity (Wildman–Crippen MR) is 73.6 cm³/mol. The number of carbonyl (C=O) groups excluding carboxylic acids is 1. The second-order valence-electron chi connectivity index (χ2n) is 3.64. The van der Waals surface area contributed by atoms with Crippen molar-refractivity contribution in [3.8, 4) is 5.75 Å². The van der Waals surface area contributed by atoms with Gasteiger partial charge in [0.05, 0.1) is 11.5 Å². The molecule has 3 heteroatoms. The maximum absolute atomic E-state index is 11.0. The maximum atomic E-state index is 11.0. The van der Waals surface area contributed by atoms with Crippen LogP contribution in [-0.2, 0) is 0 Å². The molecule has 2 aromatic carbocycles. The highest BCUT2D eigenvalue weighted by molar-refractivity contribution is 7.99. The van der Waals surface area contributed by atoms with E-state index in [1.165, 1.54) is 0 Å². The summed E-state index contributed by atoms with van der Waals surface area (Å²) in [6.07, 6.45) is 0.881. The lowest BCUT2D eigenvalue weighted by molar-refractivity contribution is 0.112. The van der Waals surface area contributed by atoms with Gasteiger partial charge in [-0.05, 0) is 25.1 Å². The van der Waals surface area contributed by atoms with Gasteiger partial charge in [-0.25, -0.2) is 0 Å². The van der Waals surface area contributed by atoms with Crippen LogP contribution in [0, 0.1) is 0 Å². The molecule has 0 aromatic heterocycles. The minimum atomic E-state index is 0.632. The summed E-state index contributed by atoms with van der Waals surface area (Å²) in [5.41, 5.74) is 0.703. The van der Waals surface area contributed by atoms with Crippen LogP contribution in [0.1, 0.15) is 17.3 Å². The molecule has 2 rings (SSSR count). The molecule has 2 aromatic rings. The van der Waals surface area contributed by atoms with E-state index in [9.17, 15) is 4.79 Å². The largest absolute Gasteiger partial charge is 0.493 e. The number of aldehydes is 1. The minimum absolute atomic E-state index is 0.632. The van der Waals surface area contributed by atoms with Gasteiger partial charge in [0.1, 0.15) is 5.75 Å². The molecule has 0 amide bonds. The van der Waals surface area contributed by atoms with Crippen molar-refractivity contribution in [1.82, 2.24) is 0 Å². The molecule has 0 N–H and O–H groups in total. The summed E-state index contributed by atoms with van der Waals surface area (Å²) >= 11 is 1.55. The van der Waals surface area contributed by atoms with Gasteiger partial charge in [0.2, 0.25) is 0 Å². The van der Waals surface area contributed by atoms with Crippen LogP contribution in [0.5, 0.6) is 5.75 Å². The quantitative estimate of drug-likeness (QED) is 0.757. The van der Waals surface area contributed by atoms with Gasteiger partial charge < -0.3 is 4.74 Å². The molecule has 18 heavy (non-hydrogen) atoms. The zero-order valence-electron chi connectivity index (χ0n) is 10.1. The Balaban J connectivity index is 2.31. The first-order chi connectivity index (χ1) is 8.85. The monoisotopic (exact) mass is 258 g/mol. The van der Waals surface area contributed by atoms with Crippen LogP contribution in [0.4, 0.5) is 0 Å². The first-order valence-corrected chi connectivity index (χ1v) is 6.60. The van der Waals surface area contributed by atoms with Crippen molar-refractivity contribution in [3.05, 3.63) is 54.1 Å². The fourth-order valence-corrected chi connectivity index (χ4v) is 2.59. The summed E-state index contributed by atoms with van der Waals surface area (Å²) in [6, 6.07) is 15.4. The van der Waals surface area contributed by atoms with E-state index >= 15 is 0 Å². The average Bonchev–Trinajstić information content (AvgIpc) is 2.42. The third-order valence-corrected chi connectivity index (χ3v) is 3.56. The molecular weight excluding hydrogens is 244 g/mol. The summed E-state index contributed by atoms with van der Waals surface area (Å²) in [5, 5.41) is 0. The average molecular weight is 258 g/mol. The van der Waals surface area contributed by atoms with E-state index in [0.29, 0.717) is 12.2 Å². The van der Waals surface area contributed by atoms with Crippen molar-refractivity contribution in [3.63, 3.8) is 0 Å². The van der Waals surface area contributed by atoms with Gasteiger partial charge in [0, 0.05) is 10.5 Å². The summed E-state index contributed by atoms with van der Waals surface area (Å²) in [4.78, 5) is 12.9. The van der Waals surface area contributed by atoms with E-state index in [1.807, 2.05) is 55.5 Å². The van der Waals surface area contributed by atoms with Crippen molar-refractivity contribution in [2.24, 2.45) is 0 Å². The normalized spacial score (nSPS) is 10.1. The highest BCUT2D eigenvalue weighted by atomic mass is 32.2. The number of hydrogen-bond donors (Lipinski definition) is 0. The standard InChI is InChI=1S/C15H14O2S/c1-2-17-13-8-4-6-10-15(13)18-14-9-5-3-7-12(14)11-16/h3-11H,2H2,1H3.